The highest BCUT2D eigenvalue weighted by Crippen LogP contribution is 2.25. The number of nitrogens with zero attached hydrogens (tertiary/aromatic N) is 5. The fourth-order valence-corrected chi connectivity index (χ4v) is 3.35. The van der Waals surface area contributed by atoms with E-state index in [4.69, 9.17) is 0 Å². The predicted molar refractivity (Wildman–Crippen MR) is 122 cm³/mol. The molecule has 2 aromatic carbocycles. The lowest BCUT2D eigenvalue weighted by molar-refractivity contribution is -0.114. The number of anilines is 3. The lowest BCUT2D eigenvalue weighted by Gasteiger charge is -2.14. The van der Waals surface area contributed by atoms with Crippen molar-refractivity contribution in [2.24, 2.45) is 0 Å². The van der Waals surface area contributed by atoms with Gasteiger partial charge in [0.05, 0.1) is 5.52 Å². The zero-order chi connectivity index (χ0) is 21.8. The van der Waals surface area contributed by atoms with E-state index in [1.54, 1.807) is 18.6 Å². The summed E-state index contributed by atoms with van der Waals surface area (Å²) in [4.78, 5) is 30.8. The van der Waals surface area contributed by atoms with Crippen LogP contribution in [0, 0.1) is 0 Å². The first-order valence-corrected chi connectivity index (χ1v) is 9.82. The molecule has 0 aliphatic rings. The van der Waals surface area contributed by atoms with Gasteiger partial charge in [-0.05, 0) is 55.6 Å². The molecule has 0 atom stereocenters. The number of amides is 1. The fraction of sp³-hybridized carbons (Fsp3) is 0.174. The minimum Gasteiger partial charge on any atom is -0.326 e. The lowest BCUT2D eigenvalue weighted by atomic mass is 10.1. The molecule has 1 amide bonds. The number of benzene rings is 2. The predicted octanol–water partition coefficient (Wildman–Crippen LogP) is 3.85. The van der Waals surface area contributed by atoms with E-state index in [-0.39, 0.29) is 5.91 Å². The zero-order valence-corrected chi connectivity index (χ0v) is 17.6. The van der Waals surface area contributed by atoms with Crippen LogP contribution in [0.15, 0.2) is 61.3 Å². The van der Waals surface area contributed by atoms with E-state index in [1.165, 1.54) is 13.3 Å². The second-order valence-electron chi connectivity index (χ2n) is 7.56. The Kier molecular flexibility index (Phi) is 5.81. The van der Waals surface area contributed by atoms with Crippen molar-refractivity contribution in [3.8, 4) is 11.1 Å². The average molecular weight is 413 g/mol. The maximum absolute atomic E-state index is 11.5. The maximum Gasteiger partial charge on any atom is 0.227 e. The molecule has 0 aliphatic carbocycles. The Morgan fingerprint density at radius 3 is 2.48 bits per heavy atom. The van der Waals surface area contributed by atoms with Crippen molar-refractivity contribution in [1.82, 2.24) is 24.8 Å². The molecule has 2 aromatic heterocycles. The summed E-state index contributed by atoms with van der Waals surface area (Å²) in [6.07, 6.45) is 6.85. The molecule has 0 saturated carbocycles. The van der Waals surface area contributed by atoms with E-state index in [2.05, 4.69) is 35.5 Å². The van der Waals surface area contributed by atoms with E-state index in [0.29, 0.717) is 5.95 Å². The van der Waals surface area contributed by atoms with Crippen LogP contribution in [-0.4, -0.2) is 44.8 Å². The summed E-state index contributed by atoms with van der Waals surface area (Å²) in [7, 11) is 4.00. The summed E-state index contributed by atoms with van der Waals surface area (Å²) in [6.45, 7) is 2.24. The highest BCUT2D eigenvalue weighted by atomic mass is 16.1. The van der Waals surface area contributed by atoms with Gasteiger partial charge in [-0.25, -0.2) is 19.9 Å². The molecule has 2 N–H and O–H groups in total. The van der Waals surface area contributed by atoms with Crippen LogP contribution in [0.5, 0.6) is 0 Å². The molecule has 31 heavy (non-hydrogen) atoms. The summed E-state index contributed by atoms with van der Waals surface area (Å²) in [5.74, 6) is 0.369. The second kappa shape index (κ2) is 8.85. The fourth-order valence-electron chi connectivity index (χ4n) is 3.35. The third-order valence-corrected chi connectivity index (χ3v) is 4.54. The number of hydrogen-bond donors (Lipinski definition) is 2. The molecular formula is C23H23N7O. The first kappa shape index (κ1) is 20.4. The van der Waals surface area contributed by atoms with Gasteiger partial charge in [0.1, 0.15) is 6.33 Å². The molecular weight excluding hydrogens is 390 g/mol. The molecule has 0 bridgehead atoms. The molecule has 2 heterocycles. The van der Waals surface area contributed by atoms with Gasteiger partial charge in [0, 0.05) is 54.4 Å². The first-order chi connectivity index (χ1) is 15.0. The molecule has 156 valence electrons. The highest BCUT2D eigenvalue weighted by Gasteiger charge is 2.07. The summed E-state index contributed by atoms with van der Waals surface area (Å²) in [5, 5.41) is 7.03. The van der Waals surface area contributed by atoms with Crippen LogP contribution in [-0.2, 0) is 11.3 Å². The number of nitrogens with one attached hydrogen (secondary N) is 2. The Balaban J connectivity index is 1.62. The SMILES string of the molecule is CC(=O)Nc1cc(CN(C)C)cc(Nc2ncc3cc(-c4cncnc4)ccc3n2)c1. The van der Waals surface area contributed by atoms with Crippen LogP contribution in [0.4, 0.5) is 17.3 Å². The molecule has 8 nitrogen and oxygen atoms in total. The standard InChI is InChI=1S/C23H23N7O/c1-15(31)27-20-6-16(13-30(2)3)7-21(9-20)28-23-26-12-18-8-17(4-5-22(18)29-23)19-10-24-14-25-11-19/h4-12,14H,13H2,1-3H3,(H,27,31)(H,26,28,29). The molecule has 8 heteroatoms. The van der Waals surface area contributed by atoms with E-state index >= 15 is 0 Å². The number of carbonyl (C=O) groups is 1. The summed E-state index contributed by atoms with van der Waals surface area (Å²) in [6, 6.07) is 11.8. The minimum absolute atomic E-state index is 0.116. The van der Waals surface area contributed by atoms with Crippen molar-refractivity contribution in [3.05, 3.63) is 66.9 Å². The topological polar surface area (TPSA) is 95.9 Å². The number of rotatable bonds is 6. The maximum atomic E-state index is 11.5. The largest absolute Gasteiger partial charge is 0.326 e. The van der Waals surface area contributed by atoms with Crippen molar-refractivity contribution < 1.29 is 4.79 Å². The Bertz CT molecular complexity index is 1230. The van der Waals surface area contributed by atoms with Crippen molar-refractivity contribution >= 4 is 34.1 Å². The number of fused-ring (bicyclic) bond motifs is 1. The molecule has 0 fully saturated rings. The van der Waals surface area contributed by atoms with Crippen LogP contribution < -0.4 is 10.6 Å². The Morgan fingerprint density at radius 1 is 0.968 bits per heavy atom. The monoisotopic (exact) mass is 413 g/mol. The third-order valence-electron chi connectivity index (χ3n) is 4.54. The van der Waals surface area contributed by atoms with Crippen molar-refractivity contribution in [2.75, 3.05) is 24.7 Å². The Labute approximate surface area is 180 Å². The van der Waals surface area contributed by atoms with Crippen molar-refractivity contribution in [1.29, 1.82) is 0 Å². The molecule has 0 saturated heterocycles. The van der Waals surface area contributed by atoms with Gasteiger partial charge in [-0.15, -0.1) is 0 Å². The highest BCUT2D eigenvalue weighted by molar-refractivity contribution is 5.89. The van der Waals surface area contributed by atoms with Crippen molar-refractivity contribution in [3.63, 3.8) is 0 Å². The van der Waals surface area contributed by atoms with Crippen LogP contribution in [0.3, 0.4) is 0 Å². The van der Waals surface area contributed by atoms with Crippen molar-refractivity contribution in [2.45, 2.75) is 13.5 Å². The van der Waals surface area contributed by atoms with Crippen LogP contribution >= 0.6 is 0 Å². The Hall–Kier alpha value is -3.91. The van der Waals surface area contributed by atoms with Crippen LogP contribution in [0.25, 0.3) is 22.0 Å². The Morgan fingerprint density at radius 2 is 1.74 bits per heavy atom. The molecule has 4 aromatic rings. The van der Waals surface area contributed by atoms with Crippen LogP contribution in [0.2, 0.25) is 0 Å². The van der Waals surface area contributed by atoms with Gasteiger partial charge in [-0.1, -0.05) is 6.07 Å². The van der Waals surface area contributed by atoms with E-state index in [9.17, 15) is 4.79 Å². The third kappa shape index (κ3) is 5.18. The lowest BCUT2D eigenvalue weighted by Crippen LogP contribution is -2.12. The van der Waals surface area contributed by atoms with Gasteiger partial charge >= 0.3 is 0 Å². The minimum atomic E-state index is -0.116. The second-order valence-corrected chi connectivity index (χ2v) is 7.56. The van der Waals surface area contributed by atoms with E-state index in [0.717, 1.165) is 45.5 Å². The van der Waals surface area contributed by atoms with E-state index in [1.807, 2.05) is 50.5 Å². The molecule has 0 unspecified atom stereocenters. The number of hydrogen-bond acceptors (Lipinski definition) is 7. The van der Waals surface area contributed by atoms with Crippen LogP contribution in [0.1, 0.15) is 12.5 Å². The number of aromatic nitrogens is 4. The first-order valence-electron chi connectivity index (χ1n) is 9.82. The molecule has 0 radical (unpaired) electrons. The normalized spacial score (nSPS) is 11.0. The summed E-state index contributed by atoms with van der Waals surface area (Å²) in [5.41, 5.74) is 5.37. The summed E-state index contributed by atoms with van der Waals surface area (Å²) >= 11 is 0. The van der Waals surface area contributed by atoms with Gasteiger partial charge in [0.2, 0.25) is 11.9 Å². The molecule has 0 spiro atoms. The van der Waals surface area contributed by atoms with Gasteiger partial charge in [-0.3, -0.25) is 4.79 Å². The number of carbonyl (C=O) groups excluding carboxylic acids is 1. The van der Waals surface area contributed by atoms with Gasteiger partial charge in [-0.2, -0.15) is 0 Å². The quantitative estimate of drug-likeness (QED) is 0.496. The summed E-state index contributed by atoms with van der Waals surface area (Å²) < 4.78 is 0. The molecule has 0 aliphatic heterocycles. The average Bonchev–Trinajstić information content (AvgIpc) is 2.73. The molecule has 4 rings (SSSR count). The van der Waals surface area contributed by atoms with Gasteiger partial charge in [0.25, 0.3) is 0 Å². The van der Waals surface area contributed by atoms with Gasteiger partial charge < -0.3 is 15.5 Å². The smallest absolute Gasteiger partial charge is 0.227 e. The van der Waals surface area contributed by atoms with Gasteiger partial charge in [0.15, 0.2) is 0 Å². The zero-order valence-electron chi connectivity index (χ0n) is 17.6. The van der Waals surface area contributed by atoms with E-state index < -0.39 is 0 Å².